The van der Waals surface area contributed by atoms with E-state index < -0.39 is 10.0 Å². The molecule has 6 nitrogen and oxygen atoms in total. The van der Waals surface area contributed by atoms with Crippen LogP contribution in [0.25, 0.3) is 0 Å². The van der Waals surface area contributed by atoms with Crippen LogP contribution in [0.2, 0.25) is 0 Å². The minimum Gasteiger partial charge on any atom is -0.356 e. The lowest BCUT2D eigenvalue weighted by atomic mass is 10.1. The lowest BCUT2D eigenvalue weighted by Gasteiger charge is -2.20. The average Bonchev–Trinajstić information content (AvgIpc) is 3.12. The van der Waals surface area contributed by atoms with Gasteiger partial charge in [0.25, 0.3) is 0 Å². The number of hydrogen-bond donors (Lipinski definition) is 2. The van der Waals surface area contributed by atoms with Gasteiger partial charge in [0.15, 0.2) is 5.96 Å². The van der Waals surface area contributed by atoms with Crippen LogP contribution in [0.1, 0.15) is 11.1 Å². The van der Waals surface area contributed by atoms with E-state index in [1.807, 2.05) is 42.5 Å². The van der Waals surface area contributed by atoms with Crippen molar-refractivity contribution in [3.8, 4) is 0 Å². The monoisotopic (exact) mass is 514 g/mol. The van der Waals surface area contributed by atoms with Gasteiger partial charge in [0.1, 0.15) is 0 Å². The van der Waals surface area contributed by atoms with E-state index in [-0.39, 0.29) is 29.7 Å². The van der Waals surface area contributed by atoms with Gasteiger partial charge in [0.05, 0.1) is 11.4 Å². The van der Waals surface area contributed by atoms with E-state index in [0.717, 1.165) is 30.6 Å². The Kier molecular flexibility index (Phi) is 8.56. The zero-order chi connectivity index (χ0) is 19.1. The molecule has 0 aliphatic carbocycles. The predicted molar refractivity (Wildman–Crippen MR) is 126 cm³/mol. The molecule has 2 N–H and O–H groups in total. The number of benzene rings is 2. The Morgan fingerprint density at radius 2 is 1.71 bits per heavy atom. The van der Waals surface area contributed by atoms with Crippen molar-refractivity contribution in [3.05, 3.63) is 65.7 Å². The number of halogens is 1. The van der Waals surface area contributed by atoms with E-state index in [1.165, 1.54) is 9.87 Å². The second kappa shape index (κ2) is 10.7. The normalized spacial score (nSPS) is 13.6. The van der Waals surface area contributed by atoms with Gasteiger partial charge in [0.2, 0.25) is 10.0 Å². The molecule has 0 saturated heterocycles. The second-order valence-electron chi connectivity index (χ2n) is 6.43. The van der Waals surface area contributed by atoms with Crippen LogP contribution in [-0.2, 0) is 22.9 Å². The Morgan fingerprint density at radius 1 is 1.04 bits per heavy atom. The highest BCUT2D eigenvalue weighted by atomic mass is 127. The third kappa shape index (κ3) is 5.84. The summed E-state index contributed by atoms with van der Waals surface area (Å²) >= 11 is 0. The highest BCUT2D eigenvalue weighted by Crippen LogP contribution is 2.29. The van der Waals surface area contributed by atoms with Crippen molar-refractivity contribution in [2.24, 2.45) is 4.99 Å². The number of anilines is 1. The Morgan fingerprint density at radius 3 is 2.46 bits per heavy atom. The Labute approximate surface area is 184 Å². The summed E-state index contributed by atoms with van der Waals surface area (Å²) in [6.45, 7) is 1.56. The molecule has 28 heavy (non-hydrogen) atoms. The maximum absolute atomic E-state index is 12.7. The first-order chi connectivity index (χ1) is 13.1. The van der Waals surface area contributed by atoms with Crippen LogP contribution in [0.5, 0.6) is 0 Å². The van der Waals surface area contributed by atoms with Crippen molar-refractivity contribution >= 4 is 45.6 Å². The molecule has 1 aliphatic heterocycles. The van der Waals surface area contributed by atoms with Gasteiger partial charge in [-0.25, -0.2) is 8.42 Å². The third-order valence-corrected chi connectivity index (χ3v) is 6.38. The van der Waals surface area contributed by atoms with E-state index in [1.54, 1.807) is 7.05 Å². The van der Waals surface area contributed by atoms with Gasteiger partial charge in [0, 0.05) is 26.7 Å². The molecular weight excluding hydrogens is 487 g/mol. The molecule has 0 aromatic heterocycles. The smallest absolute Gasteiger partial charge is 0.236 e. The van der Waals surface area contributed by atoms with E-state index in [0.29, 0.717) is 19.0 Å². The molecule has 152 valence electrons. The summed E-state index contributed by atoms with van der Waals surface area (Å²) in [6, 6.07) is 17.9. The Balaban J connectivity index is 0.00000280. The van der Waals surface area contributed by atoms with Crippen LogP contribution >= 0.6 is 24.0 Å². The van der Waals surface area contributed by atoms with Gasteiger partial charge in [-0.05, 0) is 30.0 Å². The fourth-order valence-electron chi connectivity index (χ4n) is 3.20. The third-order valence-electron chi connectivity index (χ3n) is 4.61. The summed E-state index contributed by atoms with van der Waals surface area (Å²) in [5, 5.41) is 6.31. The van der Waals surface area contributed by atoms with E-state index in [2.05, 4.69) is 27.8 Å². The fraction of sp³-hybridized carbons (Fsp3) is 0.350. The first kappa shape index (κ1) is 22.5. The average molecular weight is 514 g/mol. The molecule has 0 fully saturated rings. The SMILES string of the molecule is CN=C(NCCc1ccccc1)NCCS(=O)(=O)N1CCc2ccccc21.I. The van der Waals surface area contributed by atoms with Crippen LogP contribution in [0.3, 0.4) is 0 Å². The zero-order valence-electron chi connectivity index (χ0n) is 16.0. The molecule has 3 rings (SSSR count). The van der Waals surface area contributed by atoms with Crippen molar-refractivity contribution < 1.29 is 8.42 Å². The summed E-state index contributed by atoms with van der Waals surface area (Å²) in [7, 11) is -1.67. The number of guanidine groups is 1. The molecule has 1 aliphatic rings. The summed E-state index contributed by atoms with van der Waals surface area (Å²) in [5.41, 5.74) is 3.14. The molecule has 2 aromatic carbocycles. The van der Waals surface area contributed by atoms with Crippen molar-refractivity contribution in [1.29, 1.82) is 0 Å². The van der Waals surface area contributed by atoms with Gasteiger partial charge >= 0.3 is 0 Å². The standard InChI is InChI=1S/C20H26N4O2S.HI/c1-21-20(22-13-11-17-7-3-2-4-8-17)23-14-16-27(25,26)24-15-12-18-9-5-6-10-19(18)24;/h2-10H,11-16H2,1H3,(H2,21,22,23);1H. The predicted octanol–water partition coefficient (Wildman–Crippen LogP) is 2.40. The van der Waals surface area contributed by atoms with Crippen molar-refractivity contribution in [1.82, 2.24) is 10.6 Å². The number of aliphatic imine (C=N–C) groups is 1. The molecule has 2 aromatic rings. The van der Waals surface area contributed by atoms with Crippen molar-refractivity contribution in [2.75, 3.05) is 36.7 Å². The minimum absolute atomic E-state index is 0. The highest BCUT2D eigenvalue weighted by Gasteiger charge is 2.28. The van der Waals surface area contributed by atoms with Gasteiger partial charge in [-0.3, -0.25) is 9.30 Å². The Hall–Kier alpha value is -1.81. The maximum Gasteiger partial charge on any atom is 0.236 e. The quantitative estimate of drug-likeness (QED) is 0.338. The summed E-state index contributed by atoms with van der Waals surface area (Å²) in [6.07, 6.45) is 1.65. The van der Waals surface area contributed by atoms with E-state index in [4.69, 9.17) is 0 Å². The minimum atomic E-state index is -3.35. The van der Waals surface area contributed by atoms with Crippen LogP contribution in [0.4, 0.5) is 5.69 Å². The number of nitrogens with one attached hydrogen (secondary N) is 2. The van der Waals surface area contributed by atoms with E-state index >= 15 is 0 Å². The van der Waals surface area contributed by atoms with Gasteiger partial charge in [-0.2, -0.15) is 0 Å². The topological polar surface area (TPSA) is 73.8 Å². The number of nitrogens with zero attached hydrogens (tertiary/aromatic N) is 2. The molecule has 0 amide bonds. The Bertz CT molecular complexity index is 888. The largest absolute Gasteiger partial charge is 0.356 e. The number of sulfonamides is 1. The molecule has 0 unspecified atom stereocenters. The van der Waals surface area contributed by atoms with Gasteiger partial charge in [-0.15, -0.1) is 24.0 Å². The summed E-state index contributed by atoms with van der Waals surface area (Å²) in [4.78, 5) is 4.16. The molecule has 0 radical (unpaired) electrons. The van der Waals surface area contributed by atoms with Crippen LogP contribution in [-0.4, -0.2) is 46.8 Å². The van der Waals surface area contributed by atoms with Gasteiger partial charge in [-0.1, -0.05) is 48.5 Å². The molecule has 0 bridgehead atoms. The zero-order valence-corrected chi connectivity index (χ0v) is 19.1. The molecule has 1 heterocycles. The first-order valence-corrected chi connectivity index (χ1v) is 10.8. The molecule has 0 spiro atoms. The van der Waals surface area contributed by atoms with Crippen LogP contribution in [0, 0.1) is 0 Å². The molecule has 0 saturated carbocycles. The number of para-hydroxylation sites is 1. The van der Waals surface area contributed by atoms with Crippen LogP contribution in [0.15, 0.2) is 59.6 Å². The summed E-state index contributed by atoms with van der Waals surface area (Å²) < 4.78 is 26.9. The maximum atomic E-state index is 12.7. The number of fused-ring (bicyclic) bond motifs is 1. The van der Waals surface area contributed by atoms with Gasteiger partial charge < -0.3 is 10.6 Å². The van der Waals surface area contributed by atoms with Crippen LogP contribution < -0.4 is 14.9 Å². The highest BCUT2D eigenvalue weighted by molar-refractivity contribution is 14.0. The van der Waals surface area contributed by atoms with E-state index in [9.17, 15) is 8.42 Å². The molecular formula is C20H27IN4O2S. The molecule has 8 heteroatoms. The fourth-order valence-corrected chi connectivity index (χ4v) is 4.62. The number of rotatable bonds is 7. The van der Waals surface area contributed by atoms with Crippen molar-refractivity contribution in [3.63, 3.8) is 0 Å². The first-order valence-electron chi connectivity index (χ1n) is 9.17. The second-order valence-corrected chi connectivity index (χ2v) is 8.44. The number of hydrogen-bond acceptors (Lipinski definition) is 3. The van der Waals surface area contributed by atoms with Crippen molar-refractivity contribution in [2.45, 2.75) is 12.8 Å². The lowest BCUT2D eigenvalue weighted by Crippen LogP contribution is -2.42. The summed E-state index contributed by atoms with van der Waals surface area (Å²) in [5.74, 6) is 0.642. The molecule has 0 atom stereocenters. The lowest BCUT2D eigenvalue weighted by molar-refractivity contribution is 0.591.